The number of amides is 1. The normalized spacial score (nSPS) is 21.4. The lowest BCUT2D eigenvalue weighted by Gasteiger charge is -2.31. The number of nitrogens with zero attached hydrogens (tertiary/aromatic N) is 5. The van der Waals surface area contributed by atoms with E-state index in [1.54, 1.807) is 13.3 Å². The average Bonchev–Trinajstić information content (AvgIpc) is 3.44. The lowest BCUT2D eigenvalue weighted by Crippen LogP contribution is -2.44. The number of likely N-dealkylation sites (tertiary alicyclic amines) is 1. The van der Waals surface area contributed by atoms with E-state index in [9.17, 15) is 4.79 Å². The van der Waals surface area contributed by atoms with Crippen LogP contribution in [0.4, 0.5) is 5.82 Å². The Bertz CT molecular complexity index is 829. The number of ether oxygens (including phenoxy) is 1. The van der Waals surface area contributed by atoms with E-state index in [-0.39, 0.29) is 11.9 Å². The van der Waals surface area contributed by atoms with E-state index >= 15 is 0 Å². The Kier molecular flexibility index (Phi) is 6.47. The molecule has 2 unspecified atom stereocenters. The van der Waals surface area contributed by atoms with Crippen LogP contribution >= 0.6 is 0 Å². The van der Waals surface area contributed by atoms with Crippen molar-refractivity contribution in [2.45, 2.75) is 37.8 Å². The summed E-state index contributed by atoms with van der Waals surface area (Å²) in [5, 5.41) is 8.29. The molecule has 2 aliphatic heterocycles. The molecule has 2 aromatic rings. The Balaban J connectivity index is 1.35. The summed E-state index contributed by atoms with van der Waals surface area (Å²) < 4.78 is 5.26. The molecule has 1 aromatic heterocycles. The van der Waals surface area contributed by atoms with Crippen molar-refractivity contribution in [3.63, 3.8) is 0 Å². The van der Waals surface area contributed by atoms with Crippen LogP contribution in [0.2, 0.25) is 0 Å². The van der Waals surface area contributed by atoms with Crippen molar-refractivity contribution in [1.29, 1.82) is 0 Å². The van der Waals surface area contributed by atoms with Gasteiger partial charge in [-0.3, -0.25) is 9.69 Å². The molecule has 3 heterocycles. The number of carbonyl (C=O) groups excluding carboxylic acids is 1. The largest absolute Gasteiger partial charge is 0.497 e. The molecule has 2 saturated heterocycles. The maximum absolute atomic E-state index is 13.1. The van der Waals surface area contributed by atoms with Crippen molar-refractivity contribution < 1.29 is 9.53 Å². The molecular formula is C23H31N5O2. The smallest absolute Gasteiger partial charge is 0.237 e. The van der Waals surface area contributed by atoms with E-state index in [2.05, 4.69) is 32.1 Å². The zero-order valence-electron chi connectivity index (χ0n) is 17.9. The highest BCUT2D eigenvalue weighted by atomic mass is 16.5. The molecular weight excluding hydrogens is 378 g/mol. The van der Waals surface area contributed by atoms with Gasteiger partial charge >= 0.3 is 0 Å². The summed E-state index contributed by atoms with van der Waals surface area (Å²) in [5.41, 5.74) is 1.19. The highest BCUT2D eigenvalue weighted by Crippen LogP contribution is 2.33. The zero-order valence-corrected chi connectivity index (χ0v) is 17.9. The van der Waals surface area contributed by atoms with Crippen molar-refractivity contribution in [2.75, 3.05) is 45.2 Å². The van der Waals surface area contributed by atoms with Crippen molar-refractivity contribution in [3.05, 3.63) is 48.2 Å². The number of methoxy groups -OCH3 is 1. The van der Waals surface area contributed by atoms with Gasteiger partial charge in [-0.2, -0.15) is 5.10 Å². The number of hydrogen-bond acceptors (Lipinski definition) is 6. The maximum Gasteiger partial charge on any atom is 0.237 e. The number of aromatic nitrogens is 2. The topological polar surface area (TPSA) is 61.8 Å². The molecule has 0 aliphatic carbocycles. The fraction of sp³-hybridized carbons (Fsp3) is 0.522. The Hall–Kier alpha value is -2.67. The Morgan fingerprint density at radius 2 is 1.97 bits per heavy atom. The van der Waals surface area contributed by atoms with Gasteiger partial charge in [0, 0.05) is 31.9 Å². The predicted octanol–water partition coefficient (Wildman–Crippen LogP) is 2.75. The van der Waals surface area contributed by atoms with E-state index < -0.39 is 0 Å². The number of carbonyl (C=O) groups is 1. The quantitative estimate of drug-likeness (QED) is 0.701. The molecule has 1 amide bonds. The highest BCUT2D eigenvalue weighted by molar-refractivity contribution is 5.79. The van der Waals surface area contributed by atoms with Gasteiger partial charge in [-0.1, -0.05) is 12.1 Å². The molecule has 2 aliphatic rings. The molecule has 4 rings (SSSR count). The molecule has 0 radical (unpaired) electrons. The maximum atomic E-state index is 13.1. The fourth-order valence-corrected chi connectivity index (χ4v) is 4.76. The van der Waals surface area contributed by atoms with E-state index in [0.29, 0.717) is 12.6 Å². The van der Waals surface area contributed by atoms with Gasteiger partial charge in [-0.25, -0.2) is 0 Å². The van der Waals surface area contributed by atoms with Crippen LogP contribution in [-0.2, 0) is 4.79 Å². The van der Waals surface area contributed by atoms with Crippen LogP contribution < -0.4 is 9.64 Å². The molecule has 2 fully saturated rings. The Labute approximate surface area is 178 Å². The number of likely N-dealkylation sites (N-methyl/N-ethyl adjacent to an activating group) is 1. The van der Waals surface area contributed by atoms with E-state index in [1.165, 1.54) is 5.56 Å². The first-order valence-corrected chi connectivity index (χ1v) is 10.8. The molecule has 0 N–H and O–H groups in total. The molecule has 160 valence electrons. The van der Waals surface area contributed by atoms with Gasteiger partial charge in [-0.15, -0.1) is 5.10 Å². The predicted molar refractivity (Wildman–Crippen MR) is 117 cm³/mol. The minimum absolute atomic E-state index is 0.166. The van der Waals surface area contributed by atoms with Crippen molar-refractivity contribution in [3.8, 4) is 5.75 Å². The lowest BCUT2D eigenvalue weighted by atomic mass is 10.0. The lowest BCUT2D eigenvalue weighted by molar-refractivity contribution is -0.133. The summed E-state index contributed by atoms with van der Waals surface area (Å²) in [6.45, 7) is 3.12. The number of rotatable bonds is 7. The number of hydrogen-bond donors (Lipinski definition) is 0. The molecule has 2 atom stereocenters. The second-order valence-electron chi connectivity index (χ2n) is 8.29. The molecule has 0 spiro atoms. The molecule has 30 heavy (non-hydrogen) atoms. The first-order chi connectivity index (χ1) is 14.7. The zero-order chi connectivity index (χ0) is 20.9. The average molecular weight is 410 g/mol. The first kappa shape index (κ1) is 20.6. The first-order valence-electron chi connectivity index (χ1n) is 10.8. The fourth-order valence-electron chi connectivity index (χ4n) is 4.76. The van der Waals surface area contributed by atoms with Crippen LogP contribution in [-0.4, -0.2) is 72.3 Å². The third-order valence-electron chi connectivity index (χ3n) is 6.23. The Morgan fingerprint density at radius 3 is 2.70 bits per heavy atom. The van der Waals surface area contributed by atoms with Crippen LogP contribution in [0.3, 0.4) is 0 Å². The standard InChI is InChI=1S/C23H31N5O2/c1-26(16-19-6-4-14-27(19)22-8-3-13-24-25-22)17-23(29)28-15-5-7-21(28)18-9-11-20(30-2)12-10-18/h3,8-13,19,21H,4-7,14-17H2,1-2H3. The summed E-state index contributed by atoms with van der Waals surface area (Å²) in [7, 11) is 3.72. The van der Waals surface area contributed by atoms with E-state index in [0.717, 1.165) is 56.9 Å². The molecule has 0 saturated carbocycles. The number of anilines is 1. The van der Waals surface area contributed by atoms with E-state index in [1.807, 2.05) is 36.2 Å². The van der Waals surface area contributed by atoms with Crippen LogP contribution in [0.25, 0.3) is 0 Å². The van der Waals surface area contributed by atoms with Gasteiger partial charge in [0.15, 0.2) is 5.82 Å². The van der Waals surface area contributed by atoms with Crippen LogP contribution in [0.1, 0.15) is 37.3 Å². The van der Waals surface area contributed by atoms with Gasteiger partial charge in [0.05, 0.1) is 19.7 Å². The summed E-state index contributed by atoms with van der Waals surface area (Å²) in [5.74, 6) is 1.98. The third kappa shape index (κ3) is 4.56. The van der Waals surface area contributed by atoms with Crippen LogP contribution in [0.15, 0.2) is 42.6 Å². The number of benzene rings is 1. The highest BCUT2D eigenvalue weighted by Gasteiger charge is 2.32. The van der Waals surface area contributed by atoms with Gasteiger partial charge in [-0.05, 0) is 62.6 Å². The van der Waals surface area contributed by atoms with Crippen LogP contribution in [0.5, 0.6) is 5.75 Å². The second-order valence-corrected chi connectivity index (χ2v) is 8.29. The third-order valence-corrected chi connectivity index (χ3v) is 6.23. The summed E-state index contributed by atoms with van der Waals surface area (Å²) >= 11 is 0. The van der Waals surface area contributed by atoms with E-state index in [4.69, 9.17) is 4.74 Å². The Morgan fingerprint density at radius 1 is 1.17 bits per heavy atom. The molecule has 7 nitrogen and oxygen atoms in total. The molecule has 0 bridgehead atoms. The molecule has 1 aromatic carbocycles. The van der Waals surface area contributed by atoms with Crippen molar-refractivity contribution in [2.24, 2.45) is 0 Å². The SMILES string of the molecule is COc1ccc(C2CCCN2C(=O)CN(C)CC2CCCN2c2cccnn2)cc1. The van der Waals surface area contributed by atoms with Crippen molar-refractivity contribution >= 4 is 11.7 Å². The summed E-state index contributed by atoms with van der Waals surface area (Å²) in [4.78, 5) is 19.6. The van der Waals surface area contributed by atoms with Gasteiger partial charge in [0.2, 0.25) is 5.91 Å². The van der Waals surface area contributed by atoms with Crippen molar-refractivity contribution in [1.82, 2.24) is 20.0 Å². The van der Waals surface area contributed by atoms with Gasteiger partial charge < -0.3 is 14.5 Å². The monoisotopic (exact) mass is 409 g/mol. The molecule has 7 heteroatoms. The summed E-state index contributed by atoms with van der Waals surface area (Å²) in [6, 6.07) is 12.6. The summed E-state index contributed by atoms with van der Waals surface area (Å²) in [6.07, 6.45) is 6.04. The minimum Gasteiger partial charge on any atom is -0.497 e. The van der Waals surface area contributed by atoms with Crippen LogP contribution in [0, 0.1) is 0 Å². The second kappa shape index (κ2) is 9.43. The minimum atomic E-state index is 0.166. The van der Waals surface area contributed by atoms with Gasteiger partial charge in [0.25, 0.3) is 0 Å². The van der Waals surface area contributed by atoms with Gasteiger partial charge in [0.1, 0.15) is 5.75 Å².